The summed E-state index contributed by atoms with van der Waals surface area (Å²) in [6, 6.07) is 11.7. The first kappa shape index (κ1) is 16.0. The molecule has 0 atom stereocenters. The molecule has 0 saturated heterocycles. The van der Waals surface area contributed by atoms with Gasteiger partial charge in [-0.1, -0.05) is 11.6 Å². The van der Waals surface area contributed by atoms with Crippen molar-refractivity contribution in [3.8, 4) is 17.3 Å². The molecule has 0 radical (unpaired) electrons. The zero-order chi connectivity index (χ0) is 16.9. The average molecular weight is 347 g/mol. The van der Waals surface area contributed by atoms with Crippen molar-refractivity contribution in [2.24, 2.45) is 0 Å². The van der Waals surface area contributed by atoms with Gasteiger partial charge >= 0.3 is 6.03 Å². The van der Waals surface area contributed by atoms with Crippen LogP contribution in [0.5, 0.6) is 5.75 Å². The van der Waals surface area contributed by atoms with Crippen LogP contribution in [-0.2, 0) is 6.54 Å². The number of anilines is 1. The lowest BCUT2D eigenvalue weighted by Gasteiger charge is -2.11. The Kier molecular flexibility index (Phi) is 4.77. The van der Waals surface area contributed by atoms with Gasteiger partial charge in [-0.2, -0.15) is 0 Å². The number of nitrogens with one attached hydrogen (secondary N) is 2. The number of furan rings is 2. The highest BCUT2D eigenvalue weighted by Gasteiger charge is 2.10. The molecule has 0 aliphatic carbocycles. The molecule has 6 nitrogen and oxygen atoms in total. The highest BCUT2D eigenvalue weighted by Crippen LogP contribution is 2.27. The Labute approximate surface area is 143 Å². The van der Waals surface area contributed by atoms with Crippen molar-refractivity contribution >= 4 is 23.3 Å². The van der Waals surface area contributed by atoms with E-state index >= 15 is 0 Å². The number of benzene rings is 1. The maximum atomic E-state index is 12.0. The van der Waals surface area contributed by atoms with Gasteiger partial charge in [-0.3, -0.25) is 0 Å². The van der Waals surface area contributed by atoms with Crippen LogP contribution in [0.3, 0.4) is 0 Å². The molecule has 2 aromatic heterocycles. The Balaban J connectivity index is 1.59. The van der Waals surface area contributed by atoms with Crippen LogP contribution >= 0.6 is 11.6 Å². The van der Waals surface area contributed by atoms with Crippen molar-refractivity contribution < 1.29 is 18.4 Å². The molecule has 2 N–H and O–H groups in total. The SMILES string of the molecule is COc1ccc(Cl)cc1NC(=O)NCc1ccc(-c2ccco2)o1. The summed E-state index contributed by atoms with van der Waals surface area (Å²) in [6.45, 7) is 0.232. The van der Waals surface area contributed by atoms with Crippen LogP contribution < -0.4 is 15.4 Å². The fraction of sp³-hybridized carbons (Fsp3) is 0.118. The molecular formula is C17H15ClN2O4. The zero-order valence-corrected chi connectivity index (χ0v) is 13.6. The molecule has 0 fully saturated rings. The van der Waals surface area contributed by atoms with Crippen LogP contribution in [0.2, 0.25) is 5.02 Å². The van der Waals surface area contributed by atoms with E-state index in [2.05, 4.69) is 10.6 Å². The van der Waals surface area contributed by atoms with Gasteiger partial charge in [0.25, 0.3) is 0 Å². The molecule has 1 aromatic carbocycles. The van der Waals surface area contributed by atoms with Crippen molar-refractivity contribution in [2.45, 2.75) is 6.54 Å². The van der Waals surface area contributed by atoms with E-state index in [0.29, 0.717) is 33.7 Å². The molecule has 3 rings (SSSR count). The van der Waals surface area contributed by atoms with Gasteiger partial charge < -0.3 is 24.2 Å². The molecule has 0 unspecified atom stereocenters. The summed E-state index contributed by atoms with van der Waals surface area (Å²) in [5.74, 6) is 2.37. The Morgan fingerprint density at radius 1 is 1.21 bits per heavy atom. The summed E-state index contributed by atoms with van der Waals surface area (Å²) in [6.07, 6.45) is 1.57. The van der Waals surface area contributed by atoms with E-state index in [9.17, 15) is 4.79 Å². The minimum atomic E-state index is -0.397. The lowest BCUT2D eigenvalue weighted by Crippen LogP contribution is -2.28. The van der Waals surface area contributed by atoms with Gasteiger partial charge in [-0.15, -0.1) is 0 Å². The van der Waals surface area contributed by atoms with E-state index in [4.69, 9.17) is 25.2 Å². The Morgan fingerprint density at radius 3 is 2.83 bits per heavy atom. The number of ether oxygens (including phenoxy) is 1. The second-order valence-corrected chi connectivity index (χ2v) is 5.33. The van der Waals surface area contributed by atoms with E-state index in [1.807, 2.05) is 0 Å². The van der Waals surface area contributed by atoms with E-state index in [1.165, 1.54) is 7.11 Å². The number of amides is 2. The number of urea groups is 1. The number of halogens is 1. The maximum absolute atomic E-state index is 12.0. The normalized spacial score (nSPS) is 10.4. The first-order chi connectivity index (χ1) is 11.7. The smallest absolute Gasteiger partial charge is 0.319 e. The Hall–Kier alpha value is -2.86. The number of carbonyl (C=O) groups excluding carboxylic acids is 1. The van der Waals surface area contributed by atoms with Gasteiger partial charge in [0.1, 0.15) is 11.5 Å². The zero-order valence-electron chi connectivity index (χ0n) is 12.8. The molecule has 0 spiro atoms. The third-order valence-corrected chi connectivity index (χ3v) is 3.49. The first-order valence-electron chi connectivity index (χ1n) is 7.16. The molecule has 24 heavy (non-hydrogen) atoms. The molecule has 124 valence electrons. The second kappa shape index (κ2) is 7.14. The van der Waals surface area contributed by atoms with Crippen molar-refractivity contribution in [3.63, 3.8) is 0 Å². The van der Waals surface area contributed by atoms with Crippen LogP contribution in [0.1, 0.15) is 5.76 Å². The molecular weight excluding hydrogens is 332 g/mol. The van der Waals surface area contributed by atoms with E-state index in [1.54, 1.807) is 48.7 Å². The Bertz CT molecular complexity index is 827. The molecule has 2 amide bonds. The minimum absolute atomic E-state index is 0.232. The van der Waals surface area contributed by atoms with Crippen molar-refractivity contribution in [1.29, 1.82) is 0 Å². The topological polar surface area (TPSA) is 76.6 Å². The van der Waals surface area contributed by atoms with E-state index < -0.39 is 6.03 Å². The number of methoxy groups -OCH3 is 1. The second-order valence-electron chi connectivity index (χ2n) is 4.90. The predicted molar refractivity (Wildman–Crippen MR) is 90.3 cm³/mol. The summed E-state index contributed by atoms with van der Waals surface area (Å²) >= 11 is 5.93. The predicted octanol–water partition coefficient (Wildman–Crippen LogP) is 4.52. The minimum Gasteiger partial charge on any atom is -0.495 e. The summed E-state index contributed by atoms with van der Waals surface area (Å²) in [4.78, 5) is 12.0. The number of hydrogen-bond donors (Lipinski definition) is 2. The molecule has 3 aromatic rings. The van der Waals surface area contributed by atoms with Crippen LogP contribution in [-0.4, -0.2) is 13.1 Å². The molecule has 7 heteroatoms. The molecule has 0 aliphatic heterocycles. The average Bonchev–Trinajstić information content (AvgIpc) is 3.24. The van der Waals surface area contributed by atoms with Crippen LogP contribution in [0.15, 0.2) is 57.6 Å². The van der Waals surface area contributed by atoms with Crippen molar-refractivity contribution in [1.82, 2.24) is 5.32 Å². The highest BCUT2D eigenvalue weighted by molar-refractivity contribution is 6.31. The van der Waals surface area contributed by atoms with Crippen LogP contribution in [0.25, 0.3) is 11.5 Å². The van der Waals surface area contributed by atoms with Gasteiger partial charge in [0.2, 0.25) is 0 Å². The lowest BCUT2D eigenvalue weighted by molar-refractivity contribution is 0.250. The van der Waals surface area contributed by atoms with Gasteiger partial charge in [0.05, 0.1) is 25.6 Å². The number of hydrogen-bond acceptors (Lipinski definition) is 4. The summed E-state index contributed by atoms with van der Waals surface area (Å²) in [7, 11) is 1.52. The van der Waals surface area contributed by atoms with Crippen molar-refractivity contribution in [2.75, 3.05) is 12.4 Å². The maximum Gasteiger partial charge on any atom is 0.319 e. The quantitative estimate of drug-likeness (QED) is 0.712. The van der Waals surface area contributed by atoms with Gasteiger partial charge in [0.15, 0.2) is 11.5 Å². The molecule has 0 bridgehead atoms. The van der Waals surface area contributed by atoms with E-state index in [-0.39, 0.29) is 6.54 Å². The third-order valence-electron chi connectivity index (χ3n) is 3.26. The molecule has 0 saturated carbocycles. The van der Waals surface area contributed by atoms with Gasteiger partial charge in [0, 0.05) is 5.02 Å². The first-order valence-corrected chi connectivity index (χ1v) is 7.54. The van der Waals surface area contributed by atoms with Crippen molar-refractivity contribution in [3.05, 3.63) is 59.5 Å². The van der Waals surface area contributed by atoms with Crippen LogP contribution in [0, 0.1) is 0 Å². The summed E-state index contributed by atoms with van der Waals surface area (Å²) < 4.78 is 16.0. The summed E-state index contributed by atoms with van der Waals surface area (Å²) in [5, 5.41) is 5.89. The third kappa shape index (κ3) is 3.72. The Morgan fingerprint density at radius 2 is 2.08 bits per heavy atom. The van der Waals surface area contributed by atoms with Gasteiger partial charge in [-0.25, -0.2) is 4.79 Å². The largest absolute Gasteiger partial charge is 0.495 e. The fourth-order valence-electron chi connectivity index (χ4n) is 2.14. The lowest BCUT2D eigenvalue weighted by atomic mass is 10.3. The number of rotatable bonds is 5. The summed E-state index contributed by atoms with van der Waals surface area (Å²) in [5.41, 5.74) is 0.484. The van der Waals surface area contributed by atoms with Gasteiger partial charge in [-0.05, 0) is 42.5 Å². The standard InChI is InChI=1S/C17H15ClN2O4/c1-22-14-6-4-11(18)9-13(14)20-17(21)19-10-12-5-7-16(24-12)15-3-2-8-23-15/h2-9H,10H2,1H3,(H2,19,20,21). The monoisotopic (exact) mass is 346 g/mol. The molecule has 0 aliphatic rings. The van der Waals surface area contributed by atoms with Crippen LogP contribution in [0.4, 0.5) is 10.5 Å². The highest BCUT2D eigenvalue weighted by atomic mass is 35.5. The number of carbonyl (C=O) groups is 1. The fourth-order valence-corrected chi connectivity index (χ4v) is 2.31. The van der Waals surface area contributed by atoms with E-state index in [0.717, 1.165) is 0 Å². The molecule has 2 heterocycles.